The Bertz CT molecular complexity index is 554. The van der Waals surface area contributed by atoms with Crippen LogP contribution in [0.25, 0.3) is 0 Å². The van der Waals surface area contributed by atoms with Crippen molar-refractivity contribution in [2.45, 2.75) is 97.8 Å². The molecule has 0 N–H and O–H groups in total. The van der Waals surface area contributed by atoms with Crippen LogP contribution < -0.4 is 21.5 Å². The number of carbonyl (C=O) groups excluding carboxylic acids is 1. The number of aryl methyl sites for hydroxylation is 1. The van der Waals surface area contributed by atoms with Crippen LogP contribution in [0.1, 0.15) is 76.8 Å². The first-order valence-corrected chi connectivity index (χ1v) is 11.3. The molecule has 1 aromatic rings. The van der Waals surface area contributed by atoms with Gasteiger partial charge in [-0.3, -0.25) is 4.79 Å². The van der Waals surface area contributed by atoms with Gasteiger partial charge in [0, 0.05) is 19.5 Å². The van der Waals surface area contributed by atoms with Crippen molar-refractivity contribution in [1.29, 1.82) is 0 Å². The number of aromatic nitrogens is 1. The van der Waals surface area contributed by atoms with Crippen LogP contribution >= 0.6 is 11.3 Å². The molecule has 1 aromatic heterocycles. The van der Waals surface area contributed by atoms with E-state index in [1.165, 1.54) is 49.1 Å². The van der Waals surface area contributed by atoms with Gasteiger partial charge in [0.05, 0.1) is 17.1 Å². The van der Waals surface area contributed by atoms with Crippen molar-refractivity contribution in [2.24, 2.45) is 0 Å². The summed E-state index contributed by atoms with van der Waals surface area (Å²) in [5.41, 5.74) is 3.58. The number of ether oxygens (including phenoxy) is 1. The highest BCUT2D eigenvalue weighted by Crippen LogP contribution is 2.19. The lowest BCUT2D eigenvalue weighted by Crippen LogP contribution is -3.00. The molecule has 4 nitrogen and oxygen atoms in total. The van der Waals surface area contributed by atoms with Gasteiger partial charge in [-0.2, -0.15) is 4.57 Å². The maximum atomic E-state index is 12.9. The predicted octanol–water partition coefficient (Wildman–Crippen LogP) is 1.14. The summed E-state index contributed by atoms with van der Waals surface area (Å²) in [4.78, 5) is 16.3. The second-order valence-corrected chi connectivity index (χ2v) is 8.63. The first kappa shape index (κ1) is 24.6. The monoisotopic (exact) mass is 460 g/mol. The topological polar surface area (TPSA) is 33.4 Å². The van der Waals surface area contributed by atoms with Crippen LogP contribution in [0.3, 0.4) is 0 Å². The van der Waals surface area contributed by atoms with E-state index in [9.17, 15) is 4.79 Å². The minimum absolute atomic E-state index is 0. The summed E-state index contributed by atoms with van der Waals surface area (Å²) >= 11 is 1.84. The van der Waals surface area contributed by atoms with Crippen LogP contribution in [0, 0.1) is 0 Å². The fourth-order valence-electron chi connectivity index (χ4n) is 3.74. The molecule has 6 heteroatoms. The zero-order valence-electron chi connectivity index (χ0n) is 17.5. The van der Waals surface area contributed by atoms with Crippen LogP contribution in [-0.2, 0) is 28.9 Å². The largest absolute Gasteiger partial charge is 1.00 e. The third-order valence-electron chi connectivity index (χ3n) is 5.09. The van der Waals surface area contributed by atoms with Gasteiger partial charge >= 0.3 is 0 Å². The molecule has 2 atom stereocenters. The van der Waals surface area contributed by atoms with Gasteiger partial charge in [-0.05, 0) is 33.1 Å². The zero-order valence-corrected chi connectivity index (χ0v) is 19.9. The third-order valence-corrected chi connectivity index (χ3v) is 6.18. The van der Waals surface area contributed by atoms with Gasteiger partial charge in [0.1, 0.15) is 0 Å². The third kappa shape index (κ3) is 7.82. The summed E-state index contributed by atoms with van der Waals surface area (Å²) in [5, 5.41) is 0. The Balaban J connectivity index is 0.00000364. The van der Waals surface area contributed by atoms with E-state index < -0.39 is 0 Å². The highest BCUT2D eigenvalue weighted by Gasteiger charge is 2.29. The summed E-state index contributed by atoms with van der Waals surface area (Å²) in [5.74, 6) is 0.228. The highest BCUT2D eigenvalue weighted by molar-refractivity contribution is 7.09. The Labute approximate surface area is 180 Å². The Hall–Kier alpha value is -0.460. The lowest BCUT2D eigenvalue weighted by Gasteiger charge is -2.34. The van der Waals surface area contributed by atoms with E-state index in [0.29, 0.717) is 19.6 Å². The Kier molecular flexibility index (Phi) is 11.7. The fourth-order valence-corrected chi connectivity index (χ4v) is 4.82. The van der Waals surface area contributed by atoms with E-state index in [-0.39, 0.29) is 35.1 Å². The van der Waals surface area contributed by atoms with Crippen molar-refractivity contribution in [3.8, 4) is 0 Å². The zero-order chi connectivity index (χ0) is 18.9. The summed E-state index contributed by atoms with van der Waals surface area (Å²) in [6.07, 6.45) is 10.0. The number of nitrogens with zero attached hydrogens (tertiary/aromatic N) is 2. The number of hydrogen-bond donors (Lipinski definition) is 0. The van der Waals surface area contributed by atoms with Gasteiger partial charge in [-0.15, -0.1) is 0 Å². The Morgan fingerprint density at radius 3 is 2.30 bits per heavy atom. The molecule has 0 saturated carbocycles. The molecule has 0 aliphatic carbocycles. The number of thiazole rings is 1. The Morgan fingerprint density at radius 2 is 1.70 bits per heavy atom. The number of hydrogen-bond acceptors (Lipinski definition) is 3. The quantitative estimate of drug-likeness (QED) is 0.387. The molecule has 0 bridgehead atoms. The normalized spacial score (nSPS) is 19.8. The maximum Gasteiger partial charge on any atom is 0.288 e. The van der Waals surface area contributed by atoms with Gasteiger partial charge < -0.3 is 26.6 Å². The van der Waals surface area contributed by atoms with Gasteiger partial charge in [0.15, 0.2) is 5.69 Å². The van der Waals surface area contributed by atoms with E-state index in [1.807, 2.05) is 16.2 Å². The average Bonchev–Trinajstić information content (AvgIpc) is 2.96. The second-order valence-electron chi connectivity index (χ2n) is 7.69. The maximum absolute atomic E-state index is 12.9. The van der Waals surface area contributed by atoms with Crippen molar-refractivity contribution < 1.29 is 31.1 Å². The van der Waals surface area contributed by atoms with Crippen LogP contribution in [0.5, 0.6) is 0 Å². The summed E-state index contributed by atoms with van der Waals surface area (Å²) < 4.78 is 8.00. The molecule has 1 fully saturated rings. The SMILES string of the molecule is CCCCCc1sc[n+](CC(=O)N2CC(C)OC(C)C2)c1CCCCC.[Br-]. The molecule has 2 unspecified atom stereocenters. The number of amides is 1. The van der Waals surface area contributed by atoms with E-state index in [1.54, 1.807) is 0 Å². The number of rotatable bonds is 10. The molecular weight excluding hydrogens is 424 g/mol. The number of morpholine rings is 1. The van der Waals surface area contributed by atoms with Gasteiger partial charge in [0.25, 0.3) is 5.91 Å². The first-order chi connectivity index (χ1) is 12.5. The van der Waals surface area contributed by atoms with E-state index in [0.717, 1.165) is 12.8 Å². The molecule has 2 heterocycles. The molecule has 0 spiro atoms. The highest BCUT2D eigenvalue weighted by atomic mass is 79.9. The van der Waals surface area contributed by atoms with Gasteiger partial charge in [-0.25, -0.2) is 0 Å². The second kappa shape index (κ2) is 12.9. The number of halogens is 1. The molecule has 1 aliphatic rings. The van der Waals surface area contributed by atoms with Crippen LogP contribution in [0.15, 0.2) is 5.51 Å². The fraction of sp³-hybridized carbons (Fsp3) is 0.810. The molecule has 0 aromatic carbocycles. The van der Waals surface area contributed by atoms with Gasteiger partial charge in [0.2, 0.25) is 12.1 Å². The smallest absolute Gasteiger partial charge is 0.288 e. The summed E-state index contributed by atoms with van der Waals surface area (Å²) in [7, 11) is 0. The minimum Gasteiger partial charge on any atom is -1.00 e. The van der Waals surface area contributed by atoms with Crippen LogP contribution in [0.4, 0.5) is 0 Å². The Morgan fingerprint density at radius 1 is 1.11 bits per heavy atom. The van der Waals surface area contributed by atoms with Crippen molar-refractivity contribution >= 4 is 17.2 Å². The molecule has 1 saturated heterocycles. The lowest BCUT2D eigenvalue weighted by atomic mass is 10.1. The molecule has 1 amide bonds. The van der Waals surface area contributed by atoms with Crippen molar-refractivity contribution in [3.63, 3.8) is 0 Å². The van der Waals surface area contributed by atoms with E-state index >= 15 is 0 Å². The van der Waals surface area contributed by atoms with Gasteiger partial charge in [-0.1, -0.05) is 50.9 Å². The molecule has 27 heavy (non-hydrogen) atoms. The molecular formula is C21H37BrN2O2S. The lowest BCUT2D eigenvalue weighted by molar-refractivity contribution is -0.688. The van der Waals surface area contributed by atoms with Crippen molar-refractivity contribution in [2.75, 3.05) is 13.1 Å². The number of unbranched alkanes of at least 4 members (excludes halogenated alkanes) is 4. The first-order valence-electron chi connectivity index (χ1n) is 10.5. The van der Waals surface area contributed by atoms with Crippen LogP contribution in [0.2, 0.25) is 0 Å². The predicted molar refractivity (Wildman–Crippen MR) is 108 cm³/mol. The standard InChI is InChI=1S/C21H37N2O2S.BrH/c1-5-7-9-11-19-20(12-10-8-6-2)26-16-23(19)15-21(24)22-13-17(3)25-18(4)14-22;/h16-18H,5-15H2,1-4H3;1H/q+1;/p-1. The molecule has 0 radical (unpaired) electrons. The van der Waals surface area contributed by atoms with E-state index in [4.69, 9.17) is 4.74 Å². The molecule has 2 rings (SSSR count). The number of carbonyl (C=O) groups is 1. The summed E-state index contributed by atoms with van der Waals surface area (Å²) in [6, 6.07) is 0. The van der Waals surface area contributed by atoms with Crippen molar-refractivity contribution in [1.82, 2.24) is 4.90 Å². The average molecular weight is 462 g/mol. The molecule has 156 valence electrons. The molecule has 1 aliphatic heterocycles. The van der Waals surface area contributed by atoms with Crippen LogP contribution in [-0.4, -0.2) is 36.1 Å². The van der Waals surface area contributed by atoms with E-state index in [2.05, 4.69) is 37.8 Å². The minimum atomic E-state index is 0. The summed E-state index contributed by atoms with van der Waals surface area (Å²) in [6.45, 7) is 10.5. The van der Waals surface area contributed by atoms with Crippen molar-refractivity contribution in [3.05, 3.63) is 16.1 Å².